The lowest BCUT2D eigenvalue weighted by Gasteiger charge is -2.32. The molecule has 0 aliphatic heterocycles. The number of nitrogens with one attached hydrogen (secondary N) is 2. The van der Waals surface area contributed by atoms with Crippen LogP contribution in [0.25, 0.3) is 0 Å². The molecule has 0 spiro atoms. The van der Waals surface area contributed by atoms with Crippen LogP contribution in [0.2, 0.25) is 5.15 Å². The van der Waals surface area contributed by atoms with E-state index >= 15 is 0 Å². The molecule has 1 atom stereocenters. The molecule has 3 N–H and O–H groups in total. The molecular weight excluding hydrogens is 302 g/mol. The fraction of sp³-hybridized carbons (Fsp3) is 0.250. The molecule has 5 nitrogen and oxygen atoms in total. The van der Waals surface area contributed by atoms with E-state index in [0.29, 0.717) is 12.1 Å². The Kier molecular flexibility index (Phi) is 5.35. The summed E-state index contributed by atoms with van der Waals surface area (Å²) in [4.78, 5) is 16.2. The number of anilines is 1. The van der Waals surface area contributed by atoms with Gasteiger partial charge in [0, 0.05) is 6.20 Å². The number of aliphatic hydroxyl groups excluding tert-OH is 1. The van der Waals surface area contributed by atoms with Crippen LogP contribution in [0.5, 0.6) is 0 Å². The third-order valence-corrected chi connectivity index (χ3v) is 3.86. The van der Waals surface area contributed by atoms with E-state index in [1.807, 2.05) is 37.3 Å². The second-order valence-corrected chi connectivity index (χ2v) is 5.24. The molecule has 0 saturated carbocycles. The third kappa shape index (κ3) is 3.55. The number of rotatable bonds is 5. The molecule has 0 aliphatic rings. The zero-order valence-corrected chi connectivity index (χ0v) is 13.0. The molecule has 0 radical (unpaired) electrons. The summed E-state index contributed by atoms with van der Waals surface area (Å²) >= 11 is 5.92. The Morgan fingerprint density at radius 3 is 2.59 bits per heavy atom. The molecule has 2 rings (SSSR count). The third-order valence-electron chi connectivity index (χ3n) is 3.56. The lowest BCUT2D eigenvalue weighted by Crippen LogP contribution is -2.50. The SMILES string of the molecule is CCC(CO)(NC(=O)Nc1cccnc1Cl)c1ccccc1. The number of aromatic nitrogens is 1. The number of amides is 2. The van der Waals surface area contributed by atoms with Crippen LogP contribution in [0.1, 0.15) is 18.9 Å². The first-order chi connectivity index (χ1) is 10.6. The normalized spacial score (nSPS) is 13.2. The van der Waals surface area contributed by atoms with Gasteiger partial charge in [0.15, 0.2) is 5.15 Å². The van der Waals surface area contributed by atoms with Crippen molar-refractivity contribution < 1.29 is 9.90 Å². The number of nitrogens with zero attached hydrogens (tertiary/aromatic N) is 1. The Bertz CT molecular complexity index is 630. The molecule has 0 fully saturated rings. The van der Waals surface area contributed by atoms with E-state index in [1.54, 1.807) is 18.3 Å². The Hall–Kier alpha value is -2.11. The summed E-state index contributed by atoms with van der Waals surface area (Å²) in [7, 11) is 0. The van der Waals surface area contributed by atoms with Gasteiger partial charge >= 0.3 is 6.03 Å². The highest BCUT2D eigenvalue weighted by molar-refractivity contribution is 6.32. The maximum Gasteiger partial charge on any atom is 0.320 e. The number of halogens is 1. The van der Waals surface area contributed by atoms with Crippen LogP contribution in [0.4, 0.5) is 10.5 Å². The summed E-state index contributed by atoms with van der Waals surface area (Å²) in [6, 6.07) is 12.3. The van der Waals surface area contributed by atoms with Gasteiger partial charge in [-0.25, -0.2) is 9.78 Å². The quantitative estimate of drug-likeness (QED) is 0.741. The molecule has 22 heavy (non-hydrogen) atoms. The lowest BCUT2D eigenvalue weighted by atomic mass is 9.88. The van der Waals surface area contributed by atoms with Crippen LogP contribution >= 0.6 is 11.6 Å². The van der Waals surface area contributed by atoms with Gasteiger partial charge in [-0.1, -0.05) is 48.9 Å². The summed E-state index contributed by atoms with van der Waals surface area (Å²) < 4.78 is 0. The molecule has 1 aromatic heterocycles. The maximum absolute atomic E-state index is 12.3. The van der Waals surface area contributed by atoms with Crippen molar-refractivity contribution in [3.05, 3.63) is 59.4 Å². The van der Waals surface area contributed by atoms with E-state index in [-0.39, 0.29) is 11.8 Å². The number of carbonyl (C=O) groups is 1. The molecule has 2 aromatic rings. The van der Waals surface area contributed by atoms with Crippen molar-refractivity contribution in [1.29, 1.82) is 0 Å². The summed E-state index contributed by atoms with van der Waals surface area (Å²) in [5.41, 5.74) is 0.408. The Morgan fingerprint density at radius 1 is 1.27 bits per heavy atom. The number of pyridine rings is 1. The monoisotopic (exact) mass is 319 g/mol. The van der Waals surface area contributed by atoms with Crippen LogP contribution in [-0.2, 0) is 5.54 Å². The highest BCUT2D eigenvalue weighted by Gasteiger charge is 2.31. The van der Waals surface area contributed by atoms with Gasteiger partial charge in [0.2, 0.25) is 0 Å². The van der Waals surface area contributed by atoms with Crippen molar-refractivity contribution in [2.24, 2.45) is 0 Å². The Labute approximate surface area is 134 Å². The summed E-state index contributed by atoms with van der Waals surface area (Å²) in [5, 5.41) is 15.5. The van der Waals surface area contributed by atoms with E-state index in [0.717, 1.165) is 5.56 Å². The van der Waals surface area contributed by atoms with E-state index in [1.165, 1.54) is 0 Å². The van der Waals surface area contributed by atoms with Gasteiger partial charge in [-0.15, -0.1) is 0 Å². The zero-order chi connectivity index (χ0) is 16.0. The van der Waals surface area contributed by atoms with Gasteiger partial charge in [0.25, 0.3) is 0 Å². The smallest absolute Gasteiger partial charge is 0.320 e. The second kappa shape index (κ2) is 7.24. The van der Waals surface area contributed by atoms with Gasteiger partial charge in [0.05, 0.1) is 17.8 Å². The Balaban J connectivity index is 2.18. The predicted octanol–water partition coefficient (Wildman–Crippen LogP) is 3.15. The van der Waals surface area contributed by atoms with Gasteiger partial charge in [-0.05, 0) is 24.1 Å². The second-order valence-electron chi connectivity index (χ2n) is 4.88. The Morgan fingerprint density at radius 2 is 2.00 bits per heavy atom. The van der Waals surface area contributed by atoms with Crippen LogP contribution in [0.15, 0.2) is 48.7 Å². The predicted molar refractivity (Wildman–Crippen MR) is 86.9 cm³/mol. The van der Waals surface area contributed by atoms with Crippen molar-refractivity contribution in [2.75, 3.05) is 11.9 Å². The first-order valence-corrected chi connectivity index (χ1v) is 7.35. The van der Waals surface area contributed by atoms with Gasteiger partial charge < -0.3 is 15.7 Å². The largest absolute Gasteiger partial charge is 0.394 e. The number of aliphatic hydroxyl groups is 1. The first-order valence-electron chi connectivity index (χ1n) is 6.97. The average molecular weight is 320 g/mol. The van der Waals surface area contributed by atoms with E-state index in [4.69, 9.17) is 11.6 Å². The lowest BCUT2D eigenvalue weighted by molar-refractivity contribution is 0.159. The fourth-order valence-electron chi connectivity index (χ4n) is 2.21. The fourth-order valence-corrected chi connectivity index (χ4v) is 2.38. The van der Waals surface area contributed by atoms with Crippen LogP contribution < -0.4 is 10.6 Å². The van der Waals surface area contributed by atoms with Crippen molar-refractivity contribution in [3.63, 3.8) is 0 Å². The van der Waals surface area contributed by atoms with E-state index in [2.05, 4.69) is 15.6 Å². The number of hydrogen-bond donors (Lipinski definition) is 3. The summed E-state index contributed by atoms with van der Waals surface area (Å²) in [5.74, 6) is 0. The first kappa shape index (κ1) is 16.3. The van der Waals surface area contributed by atoms with Gasteiger partial charge in [-0.3, -0.25) is 0 Å². The molecule has 6 heteroatoms. The summed E-state index contributed by atoms with van der Waals surface area (Å²) in [6.07, 6.45) is 2.08. The minimum absolute atomic E-state index is 0.207. The van der Waals surface area contributed by atoms with Crippen LogP contribution in [0.3, 0.4) is 0 Å². The van der Waals surface area contributed by atoms with Gasteiger partial charge in [-0.2, -0.15) is 0 Å². The van der Waals surface area contributed by atoms with Crippen molar-refractivity contribution in [3.8, 4) is 0 Å². The average Bonchev–Trinajstić information content (AvgIpc) is 2.56. The minimum Gasteiger partial charge on any atom is -0.394 e. The number of carbonyl (C=O) groups excluding carboxylic acids is 1. The highest BCUT2D eigenvalue weighted by atomic mass is 35.5. The molecule has 0 bridgehead atoms. The minimum atomic E-state index is -0.847. The molecular formula is C16H18ClN3O2. The highest BCUT2D eigenvalue weighted by Crippen LogP contribution is 2.25. The van der Waals surface area contributed by atoms with Crippen molar-refractivity contribution in [1.82, 2.24) is 10.3 Å². The summed E-state index contributed by atoms with van der Waals surface area (Å²) in [6.45, 7) is 1.70. The maximum atomic E-state index is 12.3. The number of urea groups is 1. The molecule has 116 valence electrons. The van der Waals surface area contributed by atoms with Crippen LogP contribution in [-0.4, -0.2) is 22.7 Å². The molecule has 0 aliphatic carbocycles. The topological polar surface area (TPSA) is 74.2 Å². The molecule has 1 heterocycles. The molecule has 2 amide bonds. The number of hydrogen-bond acceptors (Lipinski definition) is 3. The number of benzene rings is 1. The zero-order valence-electron chi connectivity index (χ0n) is 12.2. The van der Waals surface area contributed by atoms with Gasteiger partial charge in [0.1, 0.15) is 0 Å². The van der Waals surface area contributed by atoms with E-state index < -0.39 is 11.6 Å². The van der Waals surface area contributed by atoms with Crippen LogP contribution in [0, 0.1) is 0 Å². The standard InChI is InChI=1S/C16H18ClN3O2/c1-2-16(11-21,12-7-4-3-5-8-12)20-15(22)19-13-9-6-10-18-14(13)17/h3-10,21H,2,11H2,1H3,(H2,19,20,22). The molecule has 1 aromatic carbocycles. The molecule has 0 saturated heterocycles. The van der Waals surface area contributed by atoms with Crippen molar-refractivity contribution in [2.45, 2.75) is 18.9 Å². The van der Waals surface area contributed by atoms with Crippen molar-refractivity contribution >= 4 is 23.3 Å². The van der Waals surface area contributed by atoms with E-state index in [9.17, 15) is 9.90 Å². The molecule has 1 unspecified atom stereocenters.